The van der Waals surface area contributed by atoms with Crippen molar-refractivity contribution in [2.45, 2.75) is 25.8 Å². The predicted molar refractivity (Wildman–Crippen MR) is 119 cm³/mol. The van der Waals surface area contributed by atoms with Crippen molar-refractivity contribution in [2.24, 2.45) is 5.92 Å². The van der Waals surface area contributed by atoms with E-state index in [-0.39, 0.29) is 29.9 Å². The molecule has 0 unspecified atom stereocenters. The van der Waals surface area contributed by atoms with Crippen LogP contribution in [0.2, 0.25) is 0 Å². The first kappa shape index (κ1) is 20.1. The third-order valence-corrected chi connectivity index (χ3v) is 7.18. The number of aryl methyl sites for hydroxylation is 1. The van der Waals surface area contributed by atoms with E-state index in [1.54, 1.807) is 24.3 Å². The van der Waals surface area contributed by atoms with Gasteiger partial charge in [0.25, 0.3) is 11.5 Å². The van der Waals surface area contributed by atoms with Crippen LogP contribution in [0.4, 0.5) is 0 Å². The lowest BCUT2D eigenvalue weighted by Crippen LogP contribution is -2.50. The number of hydrogen-bond donors (Lipinski definition) is 0. The zero-order valence-corrected chi connectivity index (χ0v) is 18.6. The molecule has 0 aliphatic carbocycles. The minimum Gasteiger partial charge on any atom is -0.484 e. The van der Waals surface area contributed by atoms with Crippen molar-refractivity contribution in [3.05, 3.63) is 72.9 Å². The number of carbonyl (C=O) groups excluding carboxylic acids is 1. The molecule has 2 aromatic heterocycles. The maximum absolute atomic E-state index is 12.9. The summed E-state index contributed by atoms with van der Waals surface area (Å²) < 4.78 is 13.3. The van der Waals surface area contributed by atoms with Crippen LogP contribution in [0.5, 0.6) is 5.75 Å². The topological polar surface area (TPSA) is 81.8 Å². The quantitative estimate of drug-likeness (QED) is 0.533. The summed E-state index contributed by atoms with van der Waals surface area (Å²) in [5, 5.41) is 0.808. The molecule has 0 spiro atoms. The number of ether oxygens (including phenoxy) is 1. The lowest BCUT2D eigenvalue weighted by molar-refractivity contribution is -0.136. The molecule has 7 nitrogen and oxygen atoms in total. The molecule has 0 N–H and O–H groups in total. The van der Waals surface area contributed by atoms with Crippen molar-refractivity contribution in [1.29, 1.82) is 0 Å². The molecular weight excluding hydrogens is 464 g/mol. The summed E-state index contributed by atoms with van der Waals surface area (Å²) in [6.45, 7) is 3.61. The molecule has 0 saturated carbocycles. The Kier molecular flexibility index (Phi) is 4.97. The molecule has 2 atom stereocenters. The summed E-state index contributed by atoms with van der Waals surface area (Å²) in [5.74, 6) is 0.822. The van der Waals surface area contributed by atoms with Crippen LogP contribution in [0.25, 0.3) is 11.0 Å². The number of likely N-dealkylation sites (tertiary alicyclic amines) is 1. The number of aromatic nitrogens is 1. The smallest absolute Gasteiger partial charge is 0.350 e. The molecule has 2 bridgehead atoms. The highest BCUT2D eigenvalue weighted by Crippen LogP contribution is 2.35. The SMILES string of the molecule is Cc1c(Br)c(=O)oc2cc(OCC(=O)N3C[C@@H]4C[C@H](C3)c3cccc(=O)n3C4)ccc12. The van der Waals surface area contributed by atoms with Crippen LogP contribution in [0, 0.1) is 12.8 Å². The van der Waals surface area contributed by atoms with Gasteiger partial charge in [-0.15, -0.1) is 0 Å². The van der Waals surface area contributed by atoms with E-state index in [9.17, 15) is 14.4 Å². The lowest BCUT2D eigenvalue weighted by atomic mass is 9.83. The van der Waals surface area contributed by atoms with Gasteiger partial charge in [-0.05, 0) is 59.0 Å². The highest BCUT2D eigenvalue weighted by molar-refractivity contribution is 9.10. The predicted octanol–water partition coefficient (Wildman–Crippen LogP) is 3.05. The van der Waals surface area contributed by atoms with Crippen molar-refractivity contribution < 1.29 is 13.9 Å². The van der Waals surface area contributed by atoms with Gasteiger partial charge in [0.1, 0.15) is 15.8 Å². The maximum Gasteiger partial charge on any atom is 0.350 e. The standard InChI is InChI=1S/C23H21BrN2O5/c1-13-17-6-5-16(8-19(17)31-23(29)22(13)24)30-12-21(28)25-9-14-7-15(11-25)18-3-2-4-20(27)26(18)10-14/h2-6,8,14-15H,7,9-12H2,1H3/t14-,15+/m0/s1. The number of rotatable bonds is 3. The summed E-state index contributed by atoms with van der Waals surface area (Å²) in [6.07, 6.45) is 0.993. The molecule has 1 fully saturated rings. The number of benzene rings is 1. The van der Waals surface area contributed by atoms with Crippen LogP contribution in [-0.4, -0.2) is 35.1 Å². The Labute approximate surface area is 186 Å². The van der Waals surface area contributed by atoms with E-state index in [1.807, 2.05) is 28.5 Å². The fourth-order valence-electron chi connectivity index (χ4n) is 4.74. The van der Waals surface area contributed by atoms with Gasteiger partial charge in [0.15, 0.2) is 6.61 Å². The molecule has 2 aliphatic rings. The number of fused-ring (bicyclic) bond motifs is 5. The maximum atomic E-state index is 12.9. The number of hydrogen-bond acceptors (Lipinski definition) is 5. The van der Waals surface area contributed by atoms with Gasteiger partial charge in [-0.1, -0.05) is 6.07 Å². The van der Waals surface area contributed by atoms with Gasteiger partial charge < -0.3 is 18.6 Å². The van der Waals surface area contributed by atoms with Crippen molar-refractivity contribution >= 4 is 32.8 Å². The molecular formula is C23H21BrN2O5. The monoisotopic (exact) mass is 484 g/mol. The number of pyridine rings is 1. The van der Waals surface area contributed by atoms with Crippen molar-refractivity contribution in [3.63, 3.8) is 0 Å². The van der Waals surface area contributed by atoms with E-state index in [2.05, 4.69) is 15.9 Å². The average molecular weight is 485 g/mol. The zero-order valence-electron chi connectivity index (χ0n) is 17.0. The molecule has 3 aromatic rings. The third kappa shape index (κ3) is 3.59. The van der Waals surface area contributed by atoms with Gasteiger partial charge in [0.2, 0.25) is 0 Å². The number of piperidine rings is 1. The van der Waals surface area contributed by atoms with Crippen molar-refractivity contribution in [3.8, 4) is 5.75 Å². The molecule has 8 heteroatoms. The van der Waals surface area contributed by atoms with Crippen molar-refractivity contribution in [2.75, 3.05) is 19.7 Å². The first-order valence-electron chi connectivity index (χ1n) is 10.2. The Morgan fingerprint density at radius 1 is 1.19 bits per heavy atom. The van der Waals surface area contributed by atoms with E-state index in [0.717, 1.165) is 23.1 Å². The number of carbonyl (C=O) groups is 1. The highest BCUT2D eigenvalue weighted by atomic mass is 79.9. The fourth-order valence-corrected chi connectivity index (χ4v) is 5.03. The Balaban J connectivity index is 1.30. The van der Waals surface area contributed by atoms with Crippen molar-refractivity contribution in [1.82, 2.24) is 9.47 Å². The van der Waals surface area contributed by atoms with Crippen LogP contribution < -0.4 is 15.9 Å². The van der Waals surface area contributed by atoms with Crippen LogP contribution in [0.15, 0.2) is 54.9 Å². The highest BCUT2D eigenvalue weighted by Gasteiger charge is 2.36. The molecule has 4 heterocycles. The average Bonchev–Trinajstić information content (AvgIpc) is 2.76. The van der Waals surface area contributed by atoms with Crippen LogP contribution in [0.1, 0.15) is 23.6 Å². The second kappa shape index (κ2) is 7.67. The Hall–Kier alpha value is -2.87. The molecule has 31 heavy (non-hydrogen) atoms. The molecule has 1 saturated heterocycles. The van der Waals surface area contributed by atoms with E-state index in [0.29, 0.717) is 35.4 Å². The first-order valence-corrected chi connectivity index (χ1v) is 11.0. The van der Waals surface area contributed by atoms with Crippen LogP contribution >= 0.6 is 15.9 Å². The molecule has 1 amide bonds. The Morgan fingerprint density at radius 2 is 2.03 bits per heavy atom. The normalized spacial score (nSPS) is 19.9. The van der Waals surface area contributed by atoms with Gasteiger partial charge in [-0.2, -0.15) is 0 Å². The largest absolute Gasteiger partial charge is 0.484 e. The number of halogens is 1. The third-order valence-electron chi connectivity index (χ3n) is 6.26. The second-order valence-corrected chi connectivity index (χ2v) is 9.07. The molecule has 160 valence electrons. The van der Waals surface area contributed by atoms with E-state index < -0.39 is 5.63 Å². The molecule has 0 radical (unpaired) electrons. The Morgan fingerprint density at radius 3 is 2.87 bits per heavy atom. The van der Waals surface area contributed by atoms with Crippen LogP contribution in [-0.2, 0) is 11.3 Å². The number of amides is 1. The van der Waals surface area contributed by atoms with E-state index in [4.69, 9.17) is 9.15 Å². The number of nitrogens with zero attached hydrogens (tertiary/aromatic N) is 2. The Bertz CT molecular complexity index is 1310. The molecule has 1 aromatic carbocycles. The van der Waals surface area contributed by atoms with Gasteiger partial charge in [0, 0.05) is 48.8 Å². The summed E-state index contributed by atoms with van der Waals surface area (Å²) in [7, 11) is 0. The summed E-state index contributed by atoms with van der Waals surface area (Å²) in [4.78, 5) is 38.7. The summed E-state index contributed by atoms with van der Waals surface area (Å²) >= 11 is 3.24. The zero-order chi connectivity index (χ0) is 21.7. The lowest BCUT2D eigenvalue weighted by Gasteiger charge is -2.42. The summed E-state index contributed by atoms with van der Waals surface area (Å²) in [5.41, 5.74) is 1.81. The molecule has 5 rings (SSSR count). The first-order chi connectivity index (χ1) is 14.9. The van der Waals surface area contributed by atoms with E-state index >= 15 is 0 Å². The van der Waals surface area contributed by atoms with Gasteiger partial charge in [-0.25, -0.2) is 4.79 Å². The van der Waals surface area contributed by atoms with Gasteiger partial charge in [0.05, 0.1) is 0 Å². The minimum absolute atomic E-state index is 0.0283. The van der Waals surface area contributed by atoms with Crippen LogP contribution in [0.3, 0.4) is 0 Å². The second-order valence-electron chi connectivity index (χ2n) is 8.27. The molecule has 2 aliphatic heterocycles. The minimum atomic E-state index is -0.447. The van der Waals surface area contributed by atoms with Gasteiger partial charge in [-0.3, -0.25) is 9.59 Å². The summed E-state index contributed by atoms with van der Waals surface area (Å²) in [6, 6.07) is 10.6. The van der Waals surface area contributed by atoms with Gasteiger partial charge >= 0.3 is 5.63 Å². The van der Waals surface area contributed by atoms with E-state index in [1.165, 1.54) is 0 Å². The fraction of sp³-hybridized carbons (Fsp3) is 0.348.